The van der Waals surface area contributed by atoms with Crippen molar-refractivity contribution >= 4 is 43.8 Å². The molecule has 0 aliphatic heterocycles. The summed E-state index contributed by atoms with van der Waals surface area (Å²) in [5, 5.41) is 1.58. The van der Waals surface area contributed by atoms with Gasteiger partial charge in [-0.1, -0.05) is 31.2 Å². The molecule has 0 saturated heterocycles. The van der Waals surface area contributed by atoms with Gasteiger partial charge in [-0.25, -0.2) is 19.2 Å². The van der Waals surface area contributed by atoms with Crippen molar-refractivity contribution in [1.29, 1.82) is 0 Å². The number of methoxy groups -OCH3 is 1. The van der Waals surface area contributed by atoms with Gasteiger partial charge in [-0.05, 0) is 59.1 Å². The molecule has 0 fully saturated rings. The maximum atomic E-state index is 14.5. The van der Waals surface area contributed by atoms with Crippen LogP contribution in [-0.4, -0.2) is 27.6 Å². The van der Waals surface area contributed by atoms with Gasteiger partial charge in [0.1, 0.15) is 28.5 Å². The maximum absolute atomic E-state index is 14.5. The van der Waals surface area contributed by atoms with Gasteiger partial charge in [-0.15, -0.1) is 0 Å². The van der Waals surface area contributed by atoms with E-state index >= 15 is 0 Å². The van der Waals surface area contributed by atoms with Gasteiger partial charge in [-0.2, -0.15) is 0 Å². The van der Waals surface area contributed by atoms with Gasteiger partial charge in [0.15, 0.2) is 10.3 Å². The fourth-order valence-electron chi connectivity index (χ4n) is 4.54. The molecule has 3 aromatic heterocycles. The van der Waals surface area contributed by atoms with E-state index in [4.69, 9.17) is 19.1 Å². The quantitative estimate of drug-likeness (QED) is 0.232. The minimum Gasteiger partial charge on any atom is -0.465 e. The van der Waals surface area contributed by atoms with E-state index in [1.165, 1.54) is 13.2 Å². The average Bonchev–Trinajstić information content (AvgIpc) is 3.36. The molecule has 0 aliphatic rings. The lowest BCUT2D eigenvalue weighted by molar-refractivity contribution is 0.0596. The number of rotatable bonds is 5. The number of pyridine rings is 1. The minimum absolute atomic E-state index is 0.156. The highest BCUT2D eigenvalue weighted by Crippen LogP contribution is 2.39. The fraction of sp³-hybridized carbons (Fsp3) is 0.222. The zero-order chi connectivity index (χ0) is 24.9. The molecule has 0 bridgehead atoms. The Morgan fingerprint density at radius 3 is 2.69 bits per heavy atom. The van der Waals surface area contributed by atoms with Crippen molar-refractivity contribution in [1.82, 2.24) is 14.5 Å². The molecule has 0 saturated carbocycles. The highest BCUT2D eigenvalue weighted by Gasteiger charge is 2.23. The van der Waals surface area contributed by atoms with E-state index in [0.29, 0.717) is 22.5 Å². The first-order valence-corrected chi connectivity index (χ1v) is 12.0. The van der Waals surface area contributed by atoms with Crippen molar-refractivity contribution in [3.8, 4) is 11.3 Å². The molecule has 0 N–H and O–H groups in total. The van der Waals surface area contributed by atoms with Crippen LogP contribution in [-0.2, 0) is 17.7 Å². The van der Waals surface area contributed by atoms with Crippen LogP contribution in [0.25, 0.3) is 33.3 Å². The van der Waals surface area contributed by atoms with Gasteiger partial charge in [-0.3, -0.25) is 0 Å². The molecule has 5 rings (SSSR count). The number of nitrogens with zero attached hydrogens (tertiary/aromatic N) is 3. The summed E-state index contributed by atoms with van der Waals surface area (Å²) >= 11 is 3.50. The first-order chi connectivity index (χ1) is 16.8. The predicted molar refractivity (Wildman–Crippen MR) is 136 cm³/mol. The molecule has 6 nitrogen and oxygen atoms in total. The number of ether oxygens (including phenoxy) is 1. The Balaban J connectivity index is 1.62. The Morgan fingerprint density at radius 1 is 1.14 bits per heavy atom. The number of carbonyl (C=O) groups is 1. The van der Waals surface area contributed by atoms with E-state index in [2.05, 4.69) is 34.3 Å². The Kier molecular flexibility index (Phi) is 5.92. The number of imidazole rings is 1. The molecule has 3 heterocycles. The normalized spacial score (nSPS) is 11.5. The summed E-state index contributed by atoms with van der Waals surface area (Å²) in [6.45, 7) is 6.71. The first-order valence-electron chi connectivity index (χ1n) is 11.2. The maximum Gasteiger partial charge on any atom is 0.341 e. The molecule has 0 radical (unpaired) electrons. The van der Waals surface area contributed by atoms with Crippen LogP contribution in [0.15, 0.2) is 51.6 Å². The molecule has 5 aromatic rings. The molecule has 8 heteroatoms. The molecular formula is C27H23BrFN3O3. The molecule has 0 amide bonds. The van der Waals surface area contributed by atoms with E-state index < -0.39 is 11.8 Å². The molecule has 0 unspecified atom stereocenters. The molecule has 0 aliphatic carbocycles. The van der Waals surface area contributed by atoms with Crippen molar-refractivity contribution in [3.63, 3.8) is 0 Å². The van der Waals surface area contributed by atoms with Crippen molar-refractivity contribution < 1.29 is 18.3 Å². The van der Waals surface area contributed by atoms with E-state index in [0.717, 1.165) is 51.0 Å². The summed E-state index contributed by atoms with van der Waals surface area (Å²) in [6, 6.07) is 12.4. The van der Waals surface area contributed by atoms with Gasteiger partial charge < -0.3 is 13.7 Å². The van der Waals surface area contributed by atoms with Crippen LogP contribution in [0.4, 0.5) is 4.39 Å². The predicted octanol–water partition coefficient (Wildman–Crippen LogP) is 6.76. The number of halogens is 2. The van der Waals surface area contributed by atoms with E-state index in [1.54, 1.807) is 12.1 Å². The third-order valence-electron chi connectivity index (χ3n) is 6.14. The molecule has 0 atom stereocenters. The SMILES string of the molecule is CCc1nc2c(C)cc(C)nc2n1Cc1ccc2c(-c3cccc(F)c3C(=O)OC)oc(Br)c2c1. The molecule has 178 valence electrons. The number of hydrogen-bond donors (Lipinski definition) is 0. The second-order valence-electron chi connectivity index (χ2n) is 8.46. The van der Waals surface area contributed by atoms with Crippen LogP contribution in [0.2, 0.25) is 0 Å². The van der Waals surface area contributed by atoms with Crippen LogP contribution in [0.5, 0.6) is 0 Å². The van der Waals surface area contributed by atoms with Crippen LogP contribution in [0.1, 0.15) is 39.9 Å². The number of carbonyl (C=O) groups excluding carboxylic acids is 1. The lowest BCUT2D eigenvalue weighted by Gasteiger charge is -2.09. The molecule has 2 aromatic carbocycles. The van der Waals surface area contributed by atoms with Crippen molar-refractivity contribution in [2.45, 2.75) is 33.7 Å². The number of aromatic nitrogens is 3. The zero-order valence-electron chi connectivity index (χ0n) is 19.8. The van der Waals surface area contributed by atoms with Gasteiger partial charge >= 0.3 is 5.97 Å². The van der Waals surface area contributed by atoms with Gasteiger partial charge in [0.25, 0.3) is 0 Å². The number of aryl methyl sites for hydroxylation is 3. The van der Waals surface area contributed by atoms with Crippen LogP contribution in [0, 0.1) is 19.7 Å². The summed E-state index contributed by atoms with van der Waals surface area (Å²) in [5.74, 6) is -0.0549. The first kappa shape index (κ1) is 23.2. The van der Waals surface area contributed by atoms with Crippen molar-refractivity contribution in [2.24, 2.45) is 0 Å². The Bertz CT molecular complexity index is 1620. The van der Waals surface area contributed by atoms with Crippen molar-refractivity contribution in [2.75, 3.05) is 7.11 Å². The minimum atomic E-state index is -0.757. The van der Waals surface area contributed by atoms with E-state index in [1.807, 2.05) is 31.2 Å². The lowest BCUT2D eigenvalue weighted by Crippen LogP contribution is -2.06. The summed E-state index contributed by atoms with van der Waals surface area (Å²) in [6.07, 6.45) is 0.784. The van der Waals surface area contributed by atoms with Crippen LogP contribution >= 0.6 is 15.9 Å². The fourth-order valence-corrected chi connectivity index (χ4v) is 5.03. The molecular weight excluding hydrogens is 513 g/mol. The number of benzene rings is 2. The smallest absolute Gasteiger partial charge is 0.341 e. The number of esters is 1. The zero-order valence-corrected chi connectivity index (χ0v) is 21.4. The third-order valence-corrected chi connectivity index (χ3v) is 6.73. The van der Waals surface area contributed by atoms with Crippen LogP contribution in [0.3, 0.4) is 0 Å². The monoisotopic (exact) mass is 535 g/mol. The third kappa shape index (κ3) is 3.91. The summed E-state index contributed by atoms with van der Waals surface area (Å²) in [5.41, 5.74) is 5.06. The van der Waals surface area contributed by atoms with Crippen molar-refractivity contribution in [3.05, 3.63) is 81.2 Å². The average molecular weight is 536 g/mol. The van der Waals surface area contributed by atoms with Crippen LogP contribution < -0.4 is 0 Å². The second kappa shape index (κ2) is 8.92. The number of furan rings is 1. The topological polar surface area (TPSA) is 70.2 Å². The lowest BCUT2D eigenvalue weighted by atomic mass is 10.0. The standard InChI is InChI=1S/C27H23BrFN3O3/c1-5-21-31-23-14(2)11-15(3)30-26(23)32(21)13-16-9-10-17-19(12-16)25(28)35-24(17)18-7-6-8-20(29)22(18)27(33)34-4/h6-12H,5,13H2,1-4H3. The molecule has 0 spiro atoms. The van der Waals surface area contributed by atoms with Gasteiger partial charge in [0.05, 0.1) is 13.7 Å². The number of fused-ring (bicyclic) bond motifs is 2. The summed E-state index contributed by atoms with van der Waals surface area (Å²) in [7, 11) is 1.23. The van der Waals surface area contributed by atoms with E-state index in [9.17, 15) is 9.18 Å². The number of hydrogen-bond acceptors (Lipinski definition) is 5. The largest absolute Gasteiger partial charge is 0.465 e. The molecule has 35 heavy (non-hydrogen) atoms. The Hall–Kier alpha value is -3.52. The van der Waals surface area contributed by atoms with Gasteiger partial charge in [0.2, 0.25) is 0 Å². The van der Waals surface area contributed by atoms with Gasteiger partial charge in [0, 0.05) is 28.5 Å². The highest BCUT2D eigenvalue weighted by atomic mass is 79.9. The Morgan fingerprint density at radius 2 is 1.94 bits per heavy atom. The summed E-state index contributed by atoms with van der Waals surface area (Å²) < 4.78 is 28.0. The summed E-state index contributed by atoms with van der Waals surface area (Å²) in [4.78, 5) is 21.9. The van der Waals surface area contributed by atoms with E-state index in [-0.39, 0.29) is 5.56 Å². The highest BCUT2D eigenvalue weighted by molar-refractivity contribution is 9.10. The Labute approximate surface area is 209 Å². The second-order valence-corrected chi connectivity index (χ2v) is 9.18.